The molecule has 106 valence electrons. The van der Waals surface area contributed by atoms with Crippen LogP contribution in [0, 0.1) is 0 Å². The third-order valence-electron chi connectivity index (χ3n) is 2.95. The molecule has 1 N–H and O–H groups in total. The van der Waals surface area contributed by atoms with Crippen molar-refractivity contribution < 1.29 is 14.6 Å². The molecule has 0 unspecified atom stereocenters. The Labute approximate surface area is 123 Å². The van der Waals surface area contributed by atoms with E-state index >= 15 is 0 Å². The molecule has 0 radical (unpaired) electrons. The zero-order valence-electron chi connectivity index (χ0n) is 11.8. The summed E-state index contributed by atoms with van der Waals surface area (Å²) in [5.41, 5.74) is 0.816. The Balaban J connectivity index is 2.32. The SMILES string of the molecule is COc1ccc(Sc2cccc(OC)c2[C@H](C)O)cc1. The van der Waals surface area contributed by atoms with Gasteiger partial charge in [-0.15, -0.1) is 0 Å². The van der Waals surface area contributed by atoms with Crippen molar-refractivity contribution in [3.8, 4) is 11.5 Å². The van der Waals surface area contributed by atoms with Crippen LogP contribution in [0.25, 0.3) is 0 Å². The summed E-state index contributed by atoms with van der Waals surface area (Å²) in [7, 11) is 3.26. The summed E-state index contributed by atoms with van der Waals surface area (Å²) in [5.74, 6) is 1.54. The standard InChI is InChI=1S/C16H18O3S/c1-11(17)16-14(19-3)5-4-6-15(16)20-13-9-7-12(18-2)8-10-13/h4-11,17H,1-3H3/t11-/m0/s1. The molecule has 4 heteroatoms. The Hall–Kier alpha value is -1.65. The van der Waals surface area contributed by atoms with E-state index < -0.39 is 6.10 Å². The van der Waals surface area contributed by atoms with Crippen molar-refractivity contribution in [2.75, 3.05) is 14.2 Å². The van der Waals surface area contributed by atoms with Crippen molar-refractivity contribution in [3.05, 3.63) is 48.0 Å². The largest absolute Gasteiger partial charge is 0.497 e. The molecular weight excluding hydrogens is 272 g/mol. The molecule has 2 rings (SSSR count). The average molecular weight is 290 g/mol. The second kappa shape index (κ2) is 6.68. The number of ether oxygens (including phenoxy) is 2. The summed E-state index contributed by atoms with van der Waals surface area (Å²) in [6.07, 6.45) is -0.577. The summed E-state index contributed by atoms with van der Waals surface area (Å²) in [4.78, 5) is 2.07. The third-order valence-corrected chi connectivity index (χ3v) is 4.03. The quantitative estimate of drug-likeness (QED) is 0.906. The van der Waals surface area contributed by atoms with Crippen LogP contribution >= 0.6 is 11.8 Å². The monoisotopic (exact) mass is 290 g/mol. The van der Waals surface area contributed by atoms with Gasteiger partial charge in [-0.2, -0.15) is 0 Å². The normalized spacial score (nSPS) is 12.0. The molecule has 0 bridgehead atoms. The van der Waals surface area contributed by atoms with Crippen LogP contribution in [0.5, 0.6) is 11.5 Å². The van der Waals surface area contributed by atoms with Crippen LogP contribution < -0.4 is 9.47 Å². The van der Waals surface area contributed by atoms with E-state index in [1.54, 1.807) is 32.9 Å². The second-order valence-corrected chi connectivity index (χ2v) is 5.44. The first-order valence-corrected chi connectivity index (χ1v) is 7.14. The van der Waals surface area contributed by atoms with Gasteiger partial charge in [0.05, 0.1) is 20.3 Å². The molecule has 2 aromatic carbocycles. The molecule has 0 heterocycles. The first kappa shape index (κ1) is 14.8. The number of aliphatic hydroxyl groups excluding tert-OH is 1. The Morgan fingerprint density at radius 2 is 1.70 bits per heavy atom. The predicted molar refractivity (Wildman–Crippen MR) is 80.7 cm³/mol. The van der Waals surface area contributed by atoms with Crippen LogP contribution in [0.4, 0.5) is 0 Å². The zero-order valence-corrected chi connectivity index (χ0v) is 12.6. The van der Waals surface area contributed by atoms with Gasteiger partial charge in [-0.3, -0.25) is 0 Å². The Bertz CT molecular complexity index is 564. The van der Waals surface area contributed by atoms with Gasteiger partial charge in [0, 0.05) is 15.4 Å². The molecule has 1 atom stereocenters. The van der Waals surface area contributed by atoms with Crippen molar-refractivity contribution in [2.45, 2.75) is 22.8 Å². The zero-order chi connectivity index (χ0) is 14.5. The summed E-state index contributed by atoms with van der Waals surface area (Å²) in [6, 6.07) is 13.6. The topological polar surface area (TPSA) is 38.7 Å². The van der Waals surface area contributed by atoms with Crippen LogP contribution in [0.15, 0.2) is 52.3 Å². The summed E-state index contributed by atoms with van der Waals surface area (Å²) in [5, 5.41) is 9.96. The van der Waals surface area contributed by atoms with Gasteiger partial charge in [-0.05, 0) is 43.3 Å². The van der Waals surface area contributed by atoms with Crippen LogP contribution in [-0.2, 0) is 0 Å². The maximum Gasteiger partial charge on any atom is 0.125 e. The van der Waals surface area contributed by atoms with Crippen molar-refractivity contribution >= 4 is 11.8 Å². The van der Waals surface area contributed by atoms with Gasteiger partial charge in [0.15, 0.2) is 0 Å². The molecule has 0 spiro atoms. The van der Waals surface area contributed by atoms with Gasteiger partial charge < -0.3 is 14.6 Å². The fraction of sp³-hybridized carbons (Fsp3) is 0.250. The maximum atomic E-state index is 9.96. The van der Waals surface area contributed by atoms with E-state index in [-0.39, 0.29) is 0 Å². The second-order valence-electron chi connectivity index (χ2n) is 4.33. The fourth-order valence-electron chi connectivity index (χ4n) is 1.97. The van der Waals surface area contributed by atoms with Gasteiger partial charge in [-0.25, -0.2) is 0 Å². The van der Waals surface area contributed by atoms with Crippen LogP contribution in [-0.4, -0.2) is 19.3 Å². The molecule has 0 aromatic heterocycles. The lowest BCUT2D eigenvalue weighted by atomic mass is 10.1. The Morgan fingerprint density at radius 3 is 2.25 bits per heavy atom. The van der Waals surface area contributed by atoms with Gasteiger partial charge in [0.2, 0.25) is 0 Å². The lowest BCUT2D eigenvalue weighted by Crippen LogP contribution is -1.98. The minimum Gasteiger partial charge on any atom is -0.497 e. The van der Waals surface area contributed by atoms with Gasteiger partial charge in [0.1, 0.15) is 11.5 Å². The van der Waals surface area contributed by atoms with E-state index in [9.17, 15) is 5.11 Å². The van der Waals surface area contributed by atoms with Crippen LogP contribution in [0.1, 0.15) is 18.6 Å². The number of hydrogen-bond acceptors (Lipinski definition) is 4. The molecule has 0 aliphatic heterocycles. The van der Waals surface area contributed by atoms with E-state index in [0.717, 1.165) is 21.1 Å². The highest BCUT2D eigenvalue weighted by molar-refractivity contribution is 7.99. The van der Waals surface area contributed by atoms with Crippen molar-refractivity contribution in [1.82, 2.24) is 0 Å². The molecular formula is C16H18O3S. The van der Waals surface area contributed by atoms with Gasteiger partial charge in [-0.1, -0.05) is 17.8 Å². The lowest BCUT2D eigenvalue weighted by molar-refractivity contribution is 0.191. The van der Waals surface area contributed by atoms with Gasteiger partial charge >= 0.3 is 0 Å². The lowest BCUT2D eigenvalue weighted by Gasteiger charge is -2.15. The minimum atomic E-state index is -0.577. The first-order chi connectivity index (χ1) is 9.65. The smallest absolute Gasteiger partial charge is 0.125 e. The average Bonchev–Trinajstić information content (AvgIpc) is 2.47. The van der Waals surface area contributed by atoms with Crippen LogP contribution in [0.3, 0.4) is 0 Å². The molecule has 0 aliphatic rings. The van der Waals surface area contributed by atoms with E-state index in [1.165, 1.54) is 0 Å². The van der Waals surface area contributed by atoms with Crippen molar-refractivity contribution in [3.63, 3.8) is 0 Å². The fourth-order valence-corrected chi connectivity index (χ4v) is 3.03. The molecule has 2 aromatic rings. The molecule has 0 saturated heterocycles. The summed E-state index contributed by atoms with van der Waals surface area (Å²) in [6.45, 7) is 1.75. The Morgan fingerprint density at radius 1 is 1.00 bits per heavy atom. The number of aliphatic hydroxyl groups is 1. The Kier molecular flexibility index (Phi) is 4.93. The van der Waals surface area contributed by atoms with Gasteiger partial charge in [0.25, 0.3) is 0 Å². The highest BCUT2D eigenvalue weighted by Crippen LogP contribution is 2.38. The van der Waals surface area contributed by atoms with Crippen molar-refractivity contribution in [2.24, 2.45) is 0 Å². The highest BCUT2D eigenvalue weighted by atomic mass is 32.2. The number of hydrogen-bond donors (Lipinski definition) is 1. The first-order valence-electron chi connectivity index (χ1n) is 6.32. The molecule has 20 heavy (non-hydrogen) atoms. The van der Waals surface area contributed by atoms with Crippen molar-refractivity contribution in [1.29, 1.82) is 0 Å². The third kappa shape index (κ3) is 3.26. The van der Waals surface area contributed by atoms with E-state index in [4.69, 9.17) is 9.47 Å². The number of benzene rings is 2. The minimum absolute atomic E-state index is 0.577. The maximum absolute atomic E-state index is 9.96. The molecule has 0 saturated carbocycles. The van der Waals surface area contributed by atoms with E-state index in [1.807, 2.05) is 42.5 Å². The van der Waals surface area contributed by atoms with Crippen LogP contribution in [0.2, 0.25) is 0 Å². The predicted octanol–water partition coefficient (Wildman–Crippen LogP) is 3.91. The number of rotatable bonds is 5. The molecule has 0 amide bonds. The van der Waals surface area contributed by atoms with E-state index in [2.05, 4.69) is 0 Å². The highest BCUT2D eigenvalue weighted by Gasteiger charge is 2.14. The van der Waals surface area contributed by atoms with E-state index in [0.29, 0.717) is 5.75 Å². The molecule has 3 nitrogen and oxygen atoms in total. The summed E-state index contributed by atoms with van der Waals surface area (Å²) >= 11 is 1.60. The molecule has 0 fully saturated rings. The summed E-state index contributed by atoms with van der Waals surface area (Å²) < 4.78 is 10.5. The number of methoxy groups -OCH3 is 2. The molecule has 0 aliphatic carbocycles.